The van der Waals surface area contributed by atoms with Gasteiger partial charge in [-0.1, -0.05) is 24.3 Å². The minimum Gasteiger partial charge on any atom is -0.481 e. The Hall–Kier alpha value is -3.02. The Morgan fingerprint density at radius 1 is 0.826 bits per heavy atom. The molecule has 0 spiro atoms. The van der Waals surface area contributed by atoms with Crippen LogP contribution in [0.1, 0.15) is 17.3 Å². The molecule has 0 aliphatic rings. The zero-order valence-electron chi connectivity index (χ0n) is 13.4. The van der Waals surface area contributed by atoms with E-state index in [1.165, 1.54) is 0 Å². The van der Waals surface area contributed by atoms with Crippen LogP contribution in [0.5, 0.6) is 0 Å². The van der Waals surface area contributed by atoms with Gasteiger partial charge in [-0.2, -0.15) is 0 Å². The van der Waals surface area contributed by atoms with Crippen LogP contribution >= 0.6 is 0 Å². The van der Waals surface area contributed by atoms with E-state index in [-0.39, 0.29) is 0 Å². The van der Waals surface area contributed by atoms with Crippen molar-refractivity contribution in [1.82, 2.24) is 0 Å². The van der Waals surface area contributed by atoms with Crippen molar-refractivity contribution in [3.8, 4) is 0 Å². The lowest BCUT2D eigenvalue weighted by Crippen LogP contribution is -1.97. The van der Waals surface area contributed by atoms with Gasteiger partial charge >= 0.3 is 5.97 Å². The van der Waals surface area contributed by atoms with Gasteiger partial charge in [0, 0.05) is 32.4 Å². The van der Waals surface area contributed by atoms with Crippen molar-refractivity contribution in [2.24, 2.45) is 0 Å². The number of aromatic carboxylic acids is 1. The fraction of sp³-hybridized carbons (Fsp3) is 0.176. The van der Waals surface area contributed by atoms with Crippen LogP contribution in [0.25, 0.3) is 0 Å². The normalized spacial score (nSPS) is 8.48. The van der Waals surface area contributed by atoms with Gasteiger partial charge in [0.15, 0.2) is 0 Å². The average Bonchev–Trinajstić information content (AvgIpc) is 2.55. The summed E-state index contributed by atoms with van der Waals surface area (Å²) in [6.07, 6.45) is 0. The highest BCUT2D eigenvalue weighted by atomic mass is 16.4. The molecule has 0 aliphatic heterocycles. The number of carboxylic acid groups (broad SMARTS) is 2. The minimum absolute atomic E-state index is 0.303. The van der Waals surface area contributed by atoms with E-state index in [4.69, 9.17) is 15.0 Å². The molecule has 6 heteroatoms. The maximum Gasteiger partial charge on any atom is 0.335 e. The van der Waals surface area contributed by atoms with Gasteiger partial charge in [-0.05, 0) is 30.3 Å². The first kappa shape index (κ1) is 20.0. The number of aliphatic carboxylic acids is 1. The van der Waals surface area contributed by atoms with Crippen LogP contribution in [0.15, 0.2) is 54.6 Å². The third-order valence-electron chi connectivity index (χ3n) is 2.46. The Balaban J connectivity index is 0.000000354. The largest absolute Gasteiger partial charge is 0.481 e. The molecule has 2 rings (SSSR count). The molecule has 0 radical (unpaired) electrons. The van der Waals surface area contributed by atoms with Crippen molar-refractivity contribution in [3.05, 3.63) is 60.2 Å². The third-order valence-corrected chi connectivity index (χ3v) is 2.46. The van der Waals surface area contributed by atoms with Gasteiger partial charge in [0.2, 0.25) is 0 Å². The van der Waals surface area contributed by atoms with Crippen LogP contribution < -0.4 is 10.6 Å². The lowest BCUT2D eigenvalue weighted by Gasteiger charge is -1.99. The van der Waals surface area contributed by atoms with Crippen LogP contribution in [-0.2, 0) is 4.79 Å². The van der Waals surface area contributed by atoms with Crippen LogP contribution in [0.2, 0.25) is 0 Å². The van der Waals surface area contributed by atoms with Crippen molar-refractivity contribution in [2.75, 3.05) is 24.7 Å². The molecule has 6 nitrogen and oxygen atoms in total. The van der Waals surface area contributed by atoms with E-state index < -0.39 is 11.9 Å². The van der Waals surface area contributed by atoms with Gasteiger partial charge in [-0.3, -0.25) is 4.79 Å². The average molecular weight is 318 g/mol. The molecule has 0 aliphatic carbocycles. The van der Waals surface area contributed by atoms with Gasteiger partial charge in [0.1, 0.15) is 0 Å². The first-order valence-electron chi connectivity index (χ1n) is 6.84. The minimum atomic E-state index is -0.901. The summed E-state index contributed by atoms with van der Waals surface area (Å²) in [6.45, 7) is 1.08. The number of hydrogen-bond acceptors (Lipinski definition) is 4. The highest BCUT2D eigenvalue weighted by Crippen LogP contribution is 2.08. The Kier molecular flexibility index (Phi) is 10.1. The molecule has 23 heavy (non-hydrogen) atoms. The molecular formula is C17H22N2O4. The number of carboxylic acids is 2. The number of carbonyl (C=O) groups is 2. The molecule has 0 atom stereocenters. The van der Waals surface area contributed by atoms with Crippen LogP contribution in [0.3, 0.4) is 0 Å². The standard InChI is InChI=1S/C8H9NO2.C7H9N.C2H4O2/c1-9-7-4-2-3-6(5-7)8(10)11;1-8-7-5-3-2-4-6-7;1-2(3)4/h2-5,9H,1H3,(H,10,11);2-6,8H,1H3;1H3,(H,3,4). The summed E-state index contributed by atoms with van der Waals surface area (Å²) >= 11 is 0. The molecule has 0 fully saturated rings. The van der Waals surface area contributed by atoms with Gasteiger partial charge in [-0.15, -0.1) is 0 Å². The van der Waals surface area contributed by atoms with E-state index in [2.05, 4.69) is 10.6 Å². The second-order valence-corrected chi connectivity index (χ2v) is 4.27. The van der Waals surface area contributed by atoms with Gasteiger partial charge in [0.25, 0.3) is 5.97 Å². The molecule has 0 saturated carbocycles. The Labute approximate surface area is 135 Å². The number of nitrogens with one attached hydrogen (secondary N) is 2. The highest BCUT2D eigenvalue weighted by Gasteiger charge is 2.00. The fourth-order valence-corrected chi connectivity index (χ4v) is 1.41. The zero-order valence-corrected chi connectivity index (χ0v) is 13.4. The second kappa shape index (κ2) is 11.6. The number of hydrogen-bond donors (Lipinski definition) is 4. The number of benzene rings is 2. The molecule has 0 saturated heterocycles. The SMILES string of the molecule is CC(=O)O.CNc1cccc(C(=O)O)c1.CNc1ccccc1. The van der Waals surface area contributed by atoms with E-state index in [1.807, 2.05) is 43.4 Å². The molecule has 0 unspecified atom stereocenters. The fourth-order valence-electron chi connectivity index (χ4n) is 1.41. The molecule has 4 N–H and O–H groups in total. The second-order valence-electron chi connectivity index (χ2n) is 4.27. The van der Waals surface area contributed by atoms with Gasteiger partial charge in [-0.25, -0.2) is 4.79 Å². The highest BCUT2D eigenvalue weighted by molar-refractivity contribution is 5.88. The molecule has 2 aromatic carbocycles. The quantitative estimate of drug-likeness (QED) is 0.693. The summed E-state index contributed by atoms with van der Waals surface area (Å²) in [7, 11) is 3.66. The van der Waals surface area contributed by atoms with Gasteiger partial charge < -0.3 is 20.8 Å². The maximum atomic E-state index is 10.4. The Morgan fingerprint density at radius 2 is 1.30 bits per heavy atom. The Morgan fingerprint density at radius 3 is 1.70 bits per heavy atom. The number of rotatable bonds is 3. The zero-order chi connectivity index (χ0) is 17.7. The van der Waals surface area contributed by atoms with Crippen LogP contribution in [-0.4, -0.2) is 36.2 Å². The van der Waals surface area contributed by atoms with E-state index >= 15 is 0 Å². The molecule has 0 bridgehead atoms. The van der Waals surface area contributed by atoms with Crippen molar-refractivity contribution in [2.45, 2.75) is 6.92 Å². The van der Waals surface area contributed by atoms with Crippen LogP contribution in [0, 0.1) is 0 Å². The summed E-state index contributed by atoms with van der Waals surface area (Å²) in [4.78, 5) is 19.4. The molecule has 0 amide bonds. The first-order chi connectivity index (χ1) is 10.9. The van der Waals surface area contributed by atoms with Crippen molar-refractivity contribution in [1.29, 1.82) is 0 Å². The topological polar surface area (TPSA) is 98.7 Å². The summed E-state index contributed by atoms with van der Waals surface area (Å²) in [5, 5.41) is 21.9. The molecule has 124 valence electrons. The molecular weight excluding hydrogens is 296 g/mol. The molecule has 0 heterocycles. The third kappa shape index (κ3) is 10.4. The predicted octanol–water partition coefficient (Wildman–Crippen LogP) is 3.25. The smallest absolute Gasteiger partial charge is 0.335 e. The number of para-hydroxylation sites is 1. The van der Waals surface area contributed by atoms with Gasteiger partial charge in [0.05, 0.1) is 5.56 Å². The molecule has 0 aromatic heterocycles. The summed E-state index contributed by atoms with van der Waals surface area (Å²) in [6, 6.07) is 16.7. The lowest BCUT2D eigenvalue weighted by atomic mass is 10.2. The van der Waals surface area contributed by atoms with E-state index in [0.29, 0.717) is 5.56 Å². The van der Waals surface area contributed by atoms with Crippen molar-refractivity contribution >= 4 is 23.3 Å². The molecule has 2 aromatic rings. The lowest BCUT2D eigenvalue weighted by molar-refractivity contribution is -0.134. The van der Waals surface area contributed by atoms with Crippen molar-refractivity contribution in [3.63, 3.8) is 0 Å². The van der Waals surface area contributed by atoms with E-state index in [0.717, 1.165) is 18.3 Å². The summed E-state index contributed by atoms with van der Waals surface area (Å²) < 4.78 is 0. The monoisotopic (exact) mass is 318 g/mol. The summed E-state index contributed by atoms with van der Waals surface area (Å²) in [5.41, 5.74) is 2.27. The Bertz CT molecular complexity index is 597. The van der Waals surface area contributed by atoms with E-state index in [9.17, 15) is 4.79 Å². The van der Waals surface area contributed by atoms with E-state index in [1.54, 1.807) is 25.2 Å². The maximum absolute atomic E-state index is 10.4. The first-order valence-corrected chi connectivity index (χ1v) is 6.84. The van der Waals surface area contributed by atoms with Crippen molar-refractivity contribution < 1.29 is 19.8 Å². The van der Waals surface area contributed by atoms with Crippen LogP contribution in [0.4, 0.5) is 11.4 Å². The number of anilines is 2. The predicted molar refractivity (Wildman–Crippen MR) is 92.2 cm³/mol. The summed E-state index contributed by atoms with van der Waals surface area (Å²) in [5.74, 6) is -1.73.